The molecule has 0 saturated heterocycles. The van der Waals surface area contributed by atoms with Gasteiger partial charge in [0.1, 0.15) is 0 Å². The summed E-state index contributed by atoms with van der Waals surface area (Å²) in [7, 11) is 0. The Kier molecular flexibility index (Phi) is 2.65. The number of hydrogen-bond acceptors (Lipinski definition) is 4. The molecule has 3 nitrogen and oxygen atoms in total. The Morgan fingerprint density at radius 3 is 3.08 bits per heavy atom. The van der Waals surface area contributed by atoms with Crippen molar-refractivity contribution in [3.63, 3.8) is 0 Å². The quantitative estimate of drug-likeness (QED) is 0.775. The summed E-state index contributed by atoms with van der Waals surface area (Å²) < 4.78 is 0. The maximum atomic E-state index is 4.35. The topological polar surface area (TPSA) is 38.7 Å². The van der Waals surface area contributed by atoms with Crippen LogP contribution >= 0.6 is 27.3 Å². The van der Waals surface area contributed by atoms with E-state index in [-0.39, 0.29) is 0 Å². The Morgan fingerprint density at radius 2 is 2.38 bits per heavy atom. The summed E-state index contributed by atoms with van der Waals surface area (Å²) in [6.45, 7) is 0. The minimum Gasteiger partial charge on any atom is -0.252 e. The summed E-state index contributed by atoms with van der Waals surface area (Å²) in [6, 6.07) is 1.89. The monoisotopic (exact) mass is 255 g/mol. The van der Waals surface area contributed by atoms with E-state index in [1.165, 1.54) is 0 Å². The van der Waals surface area contributed by atoms with Crippen molar-refractivity contribution in [2.24, 2.45) is 0 Å². The van der Waals surface area contributed by atoms with Crippen LogP contribution in [-0.4, -0.2) is 15.0 Å². The van der Waals surface area contributed by atoms with Gasteiger partial charge in [-0.15, -0.1) is 11.3 Å². The van der Waals surface area contributed by atoms with Crippen LogP contribution in [0.3, 0.4) is 0 Å². The first-order valence-corrected chi connectivity index (χ1v) is 5.67. The van der Waals surface area contributed by atoms with Crippen LogP contribution in [0.4, 0.5) is 0 Å². The van der Waals surface area contributed by atoms with Gasteiger partial charge in [0.2, 0.25) is 0 Å². The molecule has 0 N–H and O–H groups in total. The van der Waals surface area contributed by atoms with Crippen molar-refractivity contribution in [2.75, 3.05) is 0 Å². The smallest absolute Gasteiger partial charge is 0.171 e. The second-order valence-corrected chi connectivity index (χ2v) is 3.82. The molecule has 0 spiro atoms. The number of halogens is 1. The van der Waals surface area contributed by atoms with Gasteiger partial charge < -0.3 is 0 Å². The number of alkyl halides is 1. The van der Waals surface area contributed by atoms with Gasteiger partial charge in [-0.05, 0) is 6.07 Å². The average molecular weight is 256 g/mol. The van der Waals surface area contributed by atoms with Gasteiger partial charge in [0.15, 0.2) is 5.82 Å². The molecule has 0 atom stereocenters. The Bertz CT molecular complexity index is 388. The molecule has 0 radical (unpaired) electrons. The van der Waals surface area contributed by atoms with Gasteiger partial charge in [-0.2, -0.15) is 0 Å². The van der Waals surface area contributed by atoms with Crippen molar-refractivity contribution in [3.8, 4) is 10.7 Å². The molecule has 0 aliphatic heterocycles. The Morgan fingerprint density at radius 1 is 1.46 bits per heavy atom. The molecule has 5 heteroatoms. The van der Waals surface area contributed by atoms with Gasteiger partial charge in [0.05, 0.1) is 16.1 Å². The maximum Gasteiger partial charge on any atom is 0.171 e. The summed E-state index contributed by atoms with van der Waals surface area (Å²) in [5.74, 6) is 0.749. The Balaban J connectivity index is 2.41. The molecule has 0 amide bonds. The third-order valence-corrected chi connectivity index (χ3v) is 2.85. The zero-order valence-corrected chi connectivity index (χ0v) is 9.05. The van der Waals surface area contributed by atoms with Gasteiger partial charge in [0, 0.05) is 17.7 Å². The van der Waals surface area contributed by atoms with Crippen molar-refractivity contribution in [1.82, 2.24) is 15.0 Å². The minimum atomic E-state index is 0.749. The fourth-order valence-electron chi connectivity index (χ4n) is 0.915. The molecular weight excluding hydrogens is 250 g/mol. The summed E-state index contributed by atoms with van der Waals surface area (Å²) in [6.07, 6.45) is 3.54. The molecule has 13 heavy (non-hydrogen) atoms. The van der Waals surface area contributed by atoms with Crippen LogP contribution in [-0.2, 0) is 5.33 Å². The highest BCUT2D eigenvalue weighted by atomic mass is 79.9. The van der Waals surface area contributed by atoms with Crippen LogP contribution in [0, 0.1) is 0 Å². The van der Waals surface area contributed by atoms with E-state index in [1.54, 1.807) is 29.2 Å². The van der Waals surface area contributed by atoms with E-state index < -0.39 is 0 Å². The van der Waals surface area contributed by atoms with Gasteiger partial charge in [-0.25, -0.2) is 9.97 Å². The van der Waals surface area contributed by atoms with Crippen LogP contribution in [0.2, 0.25) is 0 Å². The van der Waals surface area contributed by atoms with E-state index in [2.05, 4.69) is 30.9 Å². The first-order valence-electron chi connectivity index (χ1n) is 3.67. The highest BCUT2D eigenvalue weighted by molar-refractivity contribution is 9.08. The molecule has 0 aliphatic rings. The van der Waals surface area contributed by atoms with E-state index >= 15 is 0 Å². The van der Waals surface area contributed by atoms with Gasteiger partial charge in [0.25, 0.3) is 0 Å². The molecule has 2 aromatic rings. The normalized spacial score (nSPS) is 10.2. The lowest BCUT2D eigenvalue weighted by Gasteiger charge is -1.96. The summed E-state index contributed by atoms with van der Waals surface area (Å²) in [5.41, 5.74) is 2.76. The zero-order valence-electron chi connectivity index (χ0n) is 6.64. The van der Waals surface area contributed by atoms with Crippen LogP contribution < -0.4 is 0 Å². The predicted octanol–water partition coefficient (Wildman–Crippen LogP) is 2.50. The Labute approximate surface area is 88.0 Å². The largest absolute Gasteiger partial charge is 0.252 e. The Hall–Kier alpha value is -0.810. The molecule has 2 aromatic heterocycles. The van der Waals surface area contributed by atoms with E-state index in [0.717, 1.165) is 21.7 Å². The molecule has 0 saturated carbocycles. The van der Waals surface area contributed by atoms with Crippen molar-refractivity contribution >= 4 is 27.3 Å². The molecule has 66 valence electrons. The number of rotatable bonds is 2. The van der Waals surface area contributed by atoms with Gasteiger partial charge in [-0.1, -0.05) is 15.9 Å². The van der Waals surface area contributed by atoms with Gasteiger partial charge >= 0.3 is 0 Å². The van der Waals surface area contributed by atoms with E-state index in [1.807, 2.05) is 6.07 Å². The molecule has 0 fully saturated rings. The molecule has 2 heterocycles. The molecule has 0 unspecified atom stereocenters. The van der Waals surface area contributed by atoms with Crippen LogP contribution in [0.5, 0.6) is 0 Å². The van der Waals surface area contributed by atoms with E-state index in [9.17, 15) is 0 Å². The van der Waals surface area contributed by atoms with Crippen LogP contribution in [0.15, 0.2) is 24.0 Å². The van der Waals surface area contributed by atoms with Crippen molar-refractivity contribution in [1.29, 1.82) is 0 Å². The van der Waals surface area contributed by atoms with Crippen LogP contribution in [0.25, 0.3) is 10.7 Å². The summed E-state index contributed by atoms with van der Waals surface area (Å²) in [4.78, 5) is 13.5. The number of thiazole rings is 1. The summed E-state index contributed by atoms with van der Waals surface area (Å²) in [5, 5.41) is 0.751. The first kappa shape index (κ1) is 8.77. The predicted molar refractivity (Wildman–Crippen MR) is 55.8 cm³/mol. The van der Waals surface area contributed by atoms with Gasteiger partial charge in [-0.3, -0.25) is 4.98 Å². The fraction of sp³-hybridized carbons (Fsp3) is 0.125. The highest BCUT2D eigenvalue weighted by Gasteiger charge is 2.02. The lowest BCUT2D eigenvalue weighted by atomic mass is 10.4. The minimum absolute atomic E-state index is 0.749. The van der Waals surface area contributed by atoms with Crippen molar-refractivity contribution in [2.45, 2.75) is 5.33 Å². The number of nitrogens with zero attached hydrogens (tertiary/aromatic N) is 3. The van der Waals surface area contributed by atoms with E-state index in [0.29, 0.717) is 0 Å². The second kappa shape index (κ2) is 3.93. The number of aromatic nitrogens is 3. The standard InChI is InChI=1S/C8H6BrN3S/c9-3-6-1-2-11-8(12-6)7-4-10-5-13-7/h1-2,4-5H,3H2. The molecule has 0 aliphatic carbocycles. The maximum absolute atomic E-state index is 4.35. The average Bonchev–Trinajstić information content (AvgIpc) is 2.71. The molecular formula is C8H6BrN3S. The third-order valence-electron chi connectivity index (χ3n) is 1.50. The summed E-state index contributed by atoms with van der Waals surface area (Å²) >= 11 is 4.90. The highest BCUT2D eigenvalue weighted by Crippen LogP contribution is 2.18. The number of hydrogen-bond donors (Lipinski definition) is 0. The fourth-order valence-corrected chi connectivity index (χ4v) is 1.79. The first-order chi connectivity index (χ1) is 6.40. The van der Waals surface area contributed by atoms with Crippen molar-refractivity contribution in [3.05, 3.63) is 29.7 Å². The van der Waals surface area contributed by atoms with Crippen molar-refractivity contribution < 1.29 is 0 Å². The van der Waals surface area contributed by atoms with Crippen LogP contribution in [0.1, 0.15) is 5.69 Å². The molecule has 2 rings (SSSR count). The third kappa shape index (κ3) is 1.92. The zero-order chi connectivity index (χ0) is 9.10. The molecule has 0 aromatic carbocycles. The lowest BCUT2D eigenvalue weighted by molar-refractivity contribution is 1.11. The van der Waals surface area contributed by atoms with E-state index in [4.69, 9.17) is 0 Å². The lowest BCUT2D eigenvalue weighted by Crippen LogP contribution is -1.90. The second-order valence-electron chi connectivity index (χ2n) is 2.37. The SMILES string of the molecule is BrCc1ccnc(-c2cncs2)n1. The molecule has 0 bridgehead atoms.